The van der Waals surface area contributed by atoms with E-state index in [1.807, 2.05) is 38.1 Å². The van der Waals surface area contributed by atoms with Crippen LogP contribution in [-0.4, -0.2) is 45.9 Å². The Labute approximate surface area is 154 Å². The number of aromatic nitrogens is 3. The number of pyridine rings is 1. The van der Waals surface area contributed by atoms with Gasteiger partial charge in [-0.05, 0) is 45.4 Å². The number of hydrogen-bond acceptors (Lipinski definition) is 6. The minimum Gasteiger partial charge on any atom is -0.358 e. The van der Waals surface area contributed by atoms with E-state index in [9.17, 15) is 4.79 Å². The van der Waals surface area contributed by atoms with E-state index in [0.29, 0.717) is 12.4 Å². The lowest BCUT2D eigenvalue weighted by Crippen LogP contribution is -2.41. The van der Waals surface area contributed by atoms with Gasteiger partial charge in [0.05, 0.1) is 18.3 Å². The number of likely N-dealkylation sites (tertiary alicyclic amines) is 1. The van der Waals surface area contributed by atoms with Crippen LogP contribution < -0.4 is 10.6 Å². The summed E-state index contributed by atoms with van der Waals surface area (Å²) in [5.41, 5.74) is 1.90. The second-order valence-corrected chi connectivity index (χ2v) is 6.67. The van der Waals surface area contributed by atoms with Gasteiger partial charge in [0.1, 0.15) is 17.5 Å². The van der Waals surface area contributed by atoms with Gasteiger partial charge in [-0.2, -0.15) is 0 Å². The van der Waals surface area contributed by atoms with Gasteiger partial charge in [-0.1, -0.05) is 12.5 Å². The highest BCUT2D eigenvalue weighted by atomic mass is 16.1. The lowest BCUT2D eigenvalue weighted by atomic mass is 9.99. The topological polar surface area (TPSA) is 83.0 Å². The summed E-state index contributed by atoms with van der Waals surface area (Å²) in [6.45, 7) is 5.15. The Morgan fingerprint density at radius 1 is 1.19 bits per heavy atom. The highest BCUT2D eigenvalue weighted by Gasteiger charge is 2.27. The summed E-state index contributed by atoms with van der Waals surface area (Å²) in [6, 6.07) is 7.95. The summed E-state index contributed by atoms with van der Waals surface area (Å²) in [5, 5.41) is 5.98. The summed E-state index contributed by atoms with van der Waals surface area (Å²) >= 11 is 0. The SMILES string of the molecule is CNC(=O)CN1CCCC[C@@H]1c1cc(Nc2cccc(C)n2)nc(C)n1. The molecule has 0 radical (unpaired) electrons. The summed E-state index contributed by atoms with van der Waals surface area (Å²) < 4.78 is 0. The molecule has 0 unspecified atom stereocenters. The van der Waals surface area contributed by atoms with Crippen molar-refractivity contribution in [3.63, 3.8) is 0 Å². The van der Waals surface area contributed by atoms with Gasteiger partial charge in [0.25, 0.3) is 0 Å². The number of aryl methyl sites for hydroxylation is 2. The fourth-order valence-electron chi connectivity index (χ4n) is 3.35. The van der Waals surface area contributed by atoms with E-state index < -0.39 is 0 Å². The zero-order valence-electron chi connectivity index (χ0n) is 15.6. The third kappa shape index (κ3) is 4.54. The van der Waals surface area contributed by atoms with E-state index in [1.165, 1.54) is 0 Å². The Kier molecular flexibility index (Phi) is 5.78. The van der Waals surface area contributed by atoms with Crippen molar-refractivity contribution >= 4 is 17.5 Å². The van der Waals surface area contributed by atoms with E-state index >= 15 is 0 Å². The Morgan fingerprint density at radius 2 is 2.04 bits per heavy atom. The molecule has 138 valence electrons. The second-order valence-electron chi connectivity index (χ2n) is 6.67. The molecule has 3 heterocycles. The van der Waals surface area contributed by atoms with Crippen LogP contribution >= 0.6 is 0 Å². The first-order valence-corrected chi connectivity index (χ1v) is 9.06. The van der Waals surface area contributed by atoms with Crippen LogP contribution in [0.25, 0.3) is 0 Å². The van der Waals surface area contributed by atoms with Crippen molar-refractivity contribution in [3.8, 4) is 0 Å². The number of hydrogen-bond donors (Lipinski definition) is 2. The van der Waals surface area contributed by atoms with Crippen LogP contribution in [0.1, 0.15) is 42.5 Å². The quantitative estimate of drug-likeness (QED) is 0.858. The number of nitrogens with one attached hydrogen (secondary N) is 2. The number of carbonyl (C=O) groups excluding carboxylic acids is 1. The zero-order chi connectivity index (χ0) is 18.5. The van der Waals surface area contributed by atoms with Gasteiger partial charge in [0.15, 0.2) is 0 Å². The van der Waals surface area contributed by atoms with Gasteiger partial charge in [0.2, 0.25) is 5.91 Å². The summed E-state index contributed by atoms with van der Waals surface area (Å²) in [7, 11) is 1.67. The number of carbonyl (C=O) groups is 1. The maximum Gasteiger partial charge on any atom is 0.233 e. The molecule has 0 aromatic carbocycles. The van der Waals surface area contributed by atoms with Gasteiger partial charge in [0, 0.05) is 18.8 Å². The molecule has 7 nitrogen and oxygen atoms in total. The van der Waals surface area contributed by atoms with Crippen molar-refractivity contribution in [2.75, 3.05) is 25.5 Å². The molecular weight excluding hydrogens is 328 g/mol. The second kappa shape index (κ2) is 8.23. The normalized spacial score (nSPS) is 17.7. The molecule has 0 aliphatic carbocycles. The smallest absolute Gasteiger partial charge is 0.233 e. The summed E-state index contributed by atoms with van der Waals surface area (Å²) in [6.07, 6.45) is 3.24. The molecule has 0 bridgehead atoms. The van der Waals surface area contributed by atoms with Crippen LogP contribution in [-0.2, 0) is 4.79 Å². The molecular formula is C19H26N6O. The predicted octanol–water partition coefficient (Wildman–Crippen LogP) is 2.51. The van der Waals surface area contributed by atoms with E-state index in [-0.39, 0.29) is 11.9 Å². The number of anilines is 2. The molecule has 1 amide bonds. The van der Waals surface area contributed by atoms with E-state index in [0.717, 1.165) is 48.8 Å². The number of amides is 1. The van der Waals surface area contributed by atoms with Gasteiger partial charge in [-0.3, -0.25) is 9.69 Å². The number of likely N-dealkylation sites (N-methyl/N-ethyl adjacent to an activating group) is 1. The highest BCUT2D eigenvalue weighted by Crippen LogP contribution is 2.30. The predicted molar refractivity (Wildman–Crippen MR) is 101 cm³/mol. The van der Waals surface area contributed by atoms with Crippen molar-refractivity contribution in [3.05, 3.63) is 41.5 Å². The molecule has 0 spiro atoms. The molecule has 7 heteroatoms. The minimum atomic E-state index is 0.0324. The molecule has 2 aromatic rings. The average Bonchev–Trinajstić information content (AvgIpc) is 2.61. The monoisotopic (exact) mass is 354 g/mol. The van der Waals surface area contributed by atoms with Crippen LogP contribution in [0.3, 0.4) is 0 Å². The van der Waals surface area contributed by atoms with Crippen molar-refractivity contribution in [2.24, 2.45) is 0 Å². The van der Waals surface area contributed by atoms with E-state index in [2.05, 4.69) is 30.5 Å². The molecule has 1 aliphatic heterocycles. The van der Waals surface area contributed by atoms with Gasteiger partial charge in [-0.15, -0.1) is 0 Å². The van der Waals surface area contributed by atoms with Crippen molar-refractivity contribution < 1.29 is 4.79 Å². The maximum absolute atomic E-state index is 11.9. The maximum atomic E-state index is 11.9. The molecule has 26 heavy (non-hydrogen) atoms. The van der Waals surface area contributed by atoms with E-state index in [4.69, 9.17) is 0 Å². The fraction of sp³-hybridized carbons (Fsp3) is 0.474. The fourth-order valence-corrected chi connectivity index (χ4v) is 3.35. The Hall–Kier alpha value is -2.54. The van der Waals surface area contributed by atoms with Crippen LogP contribution in [0.2, 0.25) is 0 Å². The number of rotatable bonds is 5. The van der Waals surface area contributed by atoms with Crippen molar-refractivity contribution in [1.82, 2.24) is 25.2 Å². The lowest BCUT2D eigenvalue weighted by Gasteiger charge is -2.34. The standard InChI is InChI=1S/C19H26N6O/c1-13-7-6-9-17(21-13)24-18-11-15(22-14(2)23-18)16-8-4-5-10-25(16)12-19(26)20-3/h6-7,9,11,16H,4-5,8,10,12H2,1-3H3,(H,20,26)(H,21,22,23,24)/t16-/m1/s1. The van der Waals surface area contributed by atoms with Crippen LogP contribution in [0.15, 0.2) is 24.3 Å². The lowest BCUT2D eigenvalue weighted by molar-refractivity contribution is -0.122. The number of piperidine rings is 1. The summed E-state index contributed by atoms with van der Waals surface area (Å²) in [5.74, 6) is 2.24. The molecule has 0 saturated carbocycles. The zero-order valence-corrected chi connectivity index (χ0v) is 15.6. The van der Waals surface area contributed by atoms with Gasteiger partial charge >= 0.3 is 0 Å². The van der Waals surface area contributed by atoms with Crippen molar-refractivity contribution in [2.45, 2.75) is 39.2 Å². The first kappa shape index (κ1) is 18.3. The molecule has 1 aliphatic rings. The molecule has 1 fully saturated rings. The highest BCUT2D eigenvalue weighted by molar-refractivity contribution is 5.77. The molecule has 1 atom stereocenters. The minimum absolute atomic E-state index is 0.0324. The number of nitrogens with zero attached hydrogens (tertiary/aromatic N) is 4. The molecule has 2 aromatic heterocycles. The average molecular weight is 354 g/mol. The third-order valence-electron chi connectivity index (χ3n) is 4.58. The first-order chi connectivity index (χ1) is 12.5. The van der Waals surface area contributed by atoms with E-state index in [1.54, 1.807) is 7.05 Å². The van der Waals surface area contributed by atoms with Crippen LogP contribution in [0.4, 0.5) is 11.6 Å². The first-order valence-electron chi connectivity index (χ1n) is 9.06. The molecule has 1 saturated heterocycles. The van der Waals surface area contributed by atoms with Crippen LogP contribution in [0.5, 0.6) is 0 Å². The molecule has 3 rings (SSSR count). The van der Waals surface area contributed by atoms with Gasteiger partial charge < -0.3 is 10.6 Å². The van der Waals surface area contributed by atoms with Gasteiger partial charge in [-0.25, -0.2) is 15.0 Å². The Balaban J connectivity index is 1.84. The Bertz CT molecular complexity index is 778. The van der Waals surface area contributed by atoms with Crippen molar-refractivity contribution in [1.29, 1.82) is 0 Å². The van der Waals surface area contributed by atoms with Crippen LogP contribution in [0, 0.1) is 13.8 Å². The third-order valence-corrected chi connectivity index (χ3v) is 4.58. The largest absolute Gasteiger partial charge is 0.358 e. The molecule has 2 N–H and O–H groups in total. The summed E-state index contributed by atoms with van der Waals surface area (Å²) in [4.78, 5) is 27.7. The Morgan fingerprint density at radius 3 is 2.81 bits per heavy atom.